The number of aromatic nitrogens is 1. The first-order valence-electron chi connectivity index (χ1n) is 10.0. The van der Waals surface area contributed by atoms with Crippen molar-refractivity contribution in [1.82, 2.24) is 4.98 Å². The Hall–Kier alpha value is -3.49. The Balaban J connectivity index is 1.67. The summed E-state index contributed by atoms with van der Waals surface area (Å²) in [7, 11) is 1.56. The molecule has 0 unspecified atom stereocenters. The predicted molar refractivity (Wildman–Crippen MR) is 132 cm³/mol. The standard InChI is InChI=1S/C25H17BrN2O4S/c1-32-17-10-7-14(8-11-17)20-21(22(29)15-5-3-2-4-6-15)28(24(31)23(20)30)25-27-18-12-9-16(26)13-19(18)33-25/h2-13,21,30H,1H3/t21-/m0/s1. The average Bonchev–Trinajstić information content (AvgIpc) is 3.37. The van der Waals surface area contributed by atoms with E-state index in [2.05, 4.69) is 20.9 Å². The Kier molecular flexibility index (Phi) is 5.47. The van der Waals surface area contributed by atoms with Crippen LogP contribution < -0.4 is 9.64 Å². The molecule has 8 heteroatoms. The van der Waals surface area contributed by atoms with Crippen LogP contribution in [-0.4, -0.2) is 34.9 Å². The van der Waals surface area contributed by atoms with Crippen LogP contribution in [0.5, 0.6) is 5.75 Å². The summed E-state index contributed by atoms with van der Waals surface area (Å²) in [6.07, 6.45) is 0. The maximum Gasteiger partial charge on any atom is 0.296 e. The number of fused-ring (bicyclic) bond motifs is 1. The summed E-state index contributed by atoms with van der Waals surface area (Å²) >= 11 is 4.74. The maximum absolute atomic E-state index is 13.7. The van der Waals surface area contributed by atoms with Crippen LogP contribution >= 0.6 is 27.3 Å². The fourth-order valence-corrected chi connectivity index (χ4v) is 5.41. The molecule has 164 valence electrons. The van der Waals surface area contributed by atoms with E-state index >= 15 is 0 Å². The summed E-state index contributed by atoms with van der Waals surface area (Å²) in [5.41, 5.74) is 1.94. The van der Waals surface area contributed by atoms with Gasteiger partial charge in [-0.15, -0.1) is 0 Å². The van der Waals surface area contributed by atoms with Crippen molar-refractivity contribution in [3.63, 3.8) is 0 Å². The number of amides is 1. The van der Waals surface area contributed by atoms with E-state index in [4.69, 9.17) is 4.74 Å². The van der Waals surface area contributed by atoms with Gasteiger partial charge in [0, 0.05) is 15.6 Å². The lowest BCUT2D eigenvalue weighted by molar-refractivity contribution is -0.116. The van der Waals surface area contributed by atoms with Gasteiger partial charge in [-0.05, 0) is 35.9 Å². The second kappa shape index (κ2) is 8.46. The van der Waals surface area contributed by atoms with Gasteiger partial charge < -0.3 is 9.84 Å². The number of ketones is 1. The zero-order valence-corrected chi connectivity index (χ0v) is 19.8. The summed E-state index contributed by atoms with van der Waals surface area (Å²) in [5, 5.41) is 11.3. The van der Waals surface area contributed by atoms with Crippen molar-refractivity contribution in [3.8, 4) is 5.75 Å². The highest BCUT2D eigenvalue weighted by molar-refractivity contribution is 9.10. The number of carbonyl (C=O) groups excluding carboxylic acids is 2. The lowest BCUT2D eigenvalue weighted by Gasteiger charge is -2.23. The second-order valence-corrected chi connectivity index (χ2v) is 9.33. The molecule has 33 heavy (non-hydrogen) atoms. The molecule has 1 aromatic heterocycles. The van der Waals surface area contributed by atoms with Crippen molar-refractivity contribution in [1.29, 1.82) is 0 Å². The number of hydrogen-bond acceptors (Lipinski definition) is 6. The minimum Gasteiger partial charge on any atom is -0.503 e. The predicted octanol–water partition coefficient (Wildman–Crippen LogP) is 5.63. The van der Waals surface area contributed by atoms with Crippen LogP contribution in [0.1, 0.15) is 15.9 Å². The van der Waals surface area contributed by atoms with E-state index in [0.29, 0.717) is 27.5 Å². The number of aliphatic hydroxyl groups excluding tert-OH is 1. The van der Waals surface area contributed by atoms with Gasteiger partial charge in [0.1, 0.15) is 11.8 Å². The Labute approximate surface area is 201 Å². The molecule has 0 aliphatic carbocycles. The van der Waals surface area contributed by atoms with Crippen LogP contribution in [0.15, 0.2) is 83.0 Å². The molecule has 1 N–H and O–H groups in total. The minimum absolute atomic E-state index is 0.247. The number of anilines is 1. The summed E-state index contributed by atoms with van der Waals surface area (Å²) in [6.45, 7) is 0. The number of nitrogens with zero attached hydrogens (tertiary/aromatic N) is 2. The van der Waals surface area contributed by atoms with Gasteiger partial charge in [0.25, 0.3) is 5.91 Å². The van der Waals surface area contributed by atoms with Gasteiger partial charge in [0.2, 0.25) is 0 Å². The number of benzene rings is 3. The average molecular weight is 521 g/mol. The zero-order chi connectivity index (χ0) is 23.1. The molecule has 0 fully saturated rings. The number of methoxy groups -OCH3 is 1. The zero-order valence-electron chi connectivity index (χ0n) is 17.4. The molecule has 2 heterocycles. The summed E-state index contributed by atoms with van der Waals surface area (Å²) in [5.74, 6) is -0.801. The molecule has 6 nitrogen and oxygen atoms in total. The van der Waals surface area contributed by atoms with E-state index in [1.54, 1.807) is 55.6 Å². The first-order chi connectivity index (χ1) is 16.0. The fraction of sp³-hybridized carbons (Fsp3) is 0.0800. The highest BCUT2D eigenvalue weighted by Crippen LogP contribution is 2.41. The van der Waals surface area contributed by atoms with Gasteiger partial charge in [-0.2, -0.15) is 0 Å². The Morgan fingerprint density at radius 3 is 2.52 bits per heavy atom. The molecule has 1 amide bonds. The summed E-state index contributed by atoms with van der Waals surface area (Å²) < 4.78 is 6.96. The Morgan fingerprint density at radius 1 is 1.09 bits per heavy atom. The largest absolute Gasteiger partial charge is 0.503 e. The fourth-order valence-electron chi connectivity index (χ4n) is 3.87. The molecular formula is C25H17BrN2O4S. The summed E-state index contributed by atoms with van der Waals surface area (Å²) in [6, 6.07) is 20.2. The van der Waals surface area contributed by atoms with Crippen molar-refractivity contribution < 1.29 is 19.4 Å². The van der Waals surface area contributed by atoms with Gasteiger partial charge in [0.05, 0.1) is 17.3 Å². The highest BCUT2D eigenvalue weighted by Gasteiger charge is 2.46. The van der Waals surface area contributed by atoms with Crippen molar-refractivity contribution >= 4 is 59.9 Å². The lowest BCUT2D eigenvalue weighted by Crippen LogP contribution is -2.41. The molecule has 0 radical (unpaired) electrons. The number of halogens is 1. The third-order valence-corrected chi connectivity index (χ3v) is 6.97. The molecule has 3 aromatic carbocycles. The molecule has 0 bridgehead atoms. The van der Waals surface area contributed by atoms with Gasteiger partial charge in [-0.25, -0.2) is 4.98 Å². The van der Waals surface area contributed by atoms with E-state index in [0.717, 1.165) is 9.17 Å². The normalized spacial score (nSPS) is 16.0. The van der Waals surface area contributed by atoms with E-state index in [1.807, 2.05) is 24.3 Å². The second-order valence-electron chi connectivity index (χ2n) is 7.41. The van der Waals surface area contributed by atoms with Gasteiger partial charge in [0.15, 0.2) is 16.7 Å². The molecule has 1 atom stereocenters. The minimum atomic E-state index is -1.06. The summed E-state index contributed by atoms with van der Waals surface area (Å²) in [4.78, 5) is 32.9. The third-order valence-electron chi connectivity index (χ3n) is 5.46. The highest BCUT2D eigenvalue weighted by atomic mass is 79.9. The molecule has 1 aliphatic rings. The molecule has 1 aliphatic heterocycles. The first kappa shape index (κ1) is 21.4. The first-order valence-corrected chi connectivity index (χ1v) is 11.7. The van der Waals surface area contributed by atoms with Crippen LogP contribution in [0.4, 0.5) is 5.13 Å². The molecule has 4 aromatic rings. The monoisotopic (exact) mass is 520 g/mol. The third kappa shape index (κ3) is 3.71. The maximum atomic E-state index is 13.7. The van der Waals surface area contributed by atoms with E-state index in [9.17, 15) is 14.7 Å². The van der Waals surface area contributed by atoms with Crippen LogP contribution in [-0.2, 0) is 4.79 Å². The van der Waals surface area contributed by atoms with Crippen molar-refractivity contribution in [2.24, 2.45) is 0 Å². The van der Waals surface area contributed by atoms with Gasteiger partial charge in [-0.1, -0.05) is 69.7 Å². The molecule has 0 spiro atoms. The van der Waals surface area contributed by atoms with E-state index < -0.39 is 17.7 Å². The Morgan fingerprint density at radius 2 is 1.82 bits per heavy atom. The van der Waals surface area contributed by atoms with Gasteiger partial charge in [-0.3, -0.25) is 14.5 Å². The number of Topliss-reactive ketones (excluding diaryl/α,β-unsaturated/α-hetero) is 1. The number of aliphatic hydroxyl groups is 1. The number of carbonyl (C=O) groups is 2. The van der Waals surface area contributed by atoms with Crippen LogP contribution in [0.25, 0.3) is 15.8 Å². The van der Waals surface area contributed by atoms with E-state index in [-0.39, 0.29) is 11.4 Å². The topological polar surface area (TPSA) is 79.7 Å². The SMILES string of the molecule is COc1ccc(C2=C(O)C(=O)N(c3nc4ccc(Br)cc4s3)[C@@H]2C(=O)c2ccccc2)cc1. The number of ether oxygens (including phenoxy) is 1. The quantitative estimate of drug-likeness (QED) is 0.344. The number of hydrogen-bond donors (Lipinski definition) is 1. The number of rotatable bonds is 5. The van der Waals surface area contributed by atoms with Crippen LogP contribution in [0, 0.1) is 0 Å². The smallest absolute Gasteiger partial charge is 0.296 e. The molecule has 0 saturated heterocycles. The van der Waals surface area contributed by atoms with Crippen LogP contribution in [0.2, 0.25) is 0 Å². The Bertz CT molecular complexity index is 1410. The van der Waals surface area contributed by atoms with Crippen molar-refractivity contribution in [2.45, 2.75) is 6.04 Å². The van der Waals surface area contributed by atoms with Crippen molar-refractivity contribution in [3.05, 3.63) is 94.2 Å². The lowest BCUT2D eigenvalue weighted by atomic mass is 9.93. The van der Waals surface area contributed by atoms with Crippen LogP contribution in [0.3, 0.4) is 0 Å². The molecular weight excluding hydrogens is 504 g/mol. The van der Waals surface area contributed by atoms with Crippen molar-refractivity contribution in [2.75, 3.05) is 12.0 Å². The van der Waals surface area contributed by atoms with Gasteiger partial charge >= 0.3 is 0 Å². The molecule has 0 saturated carbocycles. The molecule has 5 rings (SSSR count). The number of thiazole rings is 1. The van der Waals surface area contributed by atoms with E-state index in [1.165, 1.54) is 16.2 Å².